The average molecular weight is 175 g/mol. The van der Waals surface area contributed by atoms with E-state index in [1.807, 2.05) is 0 Å². The molecule has 12 heavy (non-hydrogen) atoms. The maximum Gasteiger partial charge on any atom is 0.472 e. The fraction of sp³-hybridized carbons (Fsp3) is 0.833. The summed E-state index contributed by atoms with van der Waals surface area (Å²) in [5, 5.41) is 18.9. The van der Waals surface area contributed by atoms with Gasteiger partial charge in [0.2, 0.25) is 0 Å². The first-order valence-corrected chi connectivity index (χ1v) is 3.64. The van der Waals surface area contributed by atoms with Crippen molar-refractivity contribution in [2.24, 2.45) is 0 Å². The molecule has 3 N–H and O–H groups in total. The highest BCUT2D eigenvalue weighted by Gasteiger charge is 2.17. The molecule has 0 aromatic rings. The lowest BCUT2D eigenvalue weighted by Gasteiger charge is -2.19. The van der Waals surface area contributed by atoms with Gasteiger partial charge in [-0.25, -0.2) is 4.79 Å². The quantitative estimate of drug-likeness (QED) is 0.495. The maximum atomic E-state index is 10.8. The highest BCUT2D eigenvalue weighted by Crippen LogP contribution is 2.05. The molecule has 0 aromatic carbocycles. The highest BCUT2D eigenvalue weighted by atomic mass is 16.6. The van der Waals surface area contributed by atoms with E-state index in [9.17, 15) is 4.79 Å². The molecule has 0 heterocycles. The molecule has 0 aliphatic heterocycles. The molecule has 0 spiro atoms. The van der Waals surface area contributed by atoms with E-state index in [0.717, 1.165) is 0 Å². The number of carbonyl (C=O) groups is 1. The minimum absolute atomic E-state index is 0.227. The Morgan fingerprint density at radius 3 is 2.33 bits per heavy atom. The van der Waals surface area contributed by atoms with E-state index in [-0.39, 0.29) is 6.44 Å². The number of hydrogen-bond acceptors (Lipinski definition) is 4. The van der Waals surface area contributed by atoms with Crippen molar-refractivity contribution in [1.29, 1.82) is 0 Å². The molecular weight excluding hydrogens is 161 g/mol. The monoisotopic (exact) mass is 175 g/mol. The van der Waals surface area contributed by atoms with Gasteiger partial charge in [0, 0.05) is 0 Å². The van der Waals surface area contributed by atoms with E-state index in [0.29, 0.717) is 0 Å². The van der Waals surface area contributed by atoms with Crippen LogP contribution in [-0.2, 0) is 4.74 Å². The van der Waals surface area contributed by atoms with Gasteiger partial charge in [0.1, 0.15) is 5.60 Å². The Hall–Kier alpha value is -0.745. The summed E-state index contributed by atoms with van der Waals surface area (Å²) in [5.41, 5.74) is -0.565. The summed E-state index contributed by atoms with van der Waals surface area (Å²) in [7, 11) is -1.54. The molecule has 5 nitrogen and oxygen atoms in total. The van der Waals surface area contributed by atoms with Gasteiger partial charge in [-0.2, -0.15) is 0 Å². The van der Waals surface area contributed by atoms with Crippen LogP contribution in [0, 0.1) is 0 Å². The molecule has 0 aliphatic rings. The molecule has 0 aliphatic carbocycles. The summed E-state index contributed by atoms with van der Waals surface area (Å²) in [6.07, 6.45) is -0.884. The van der Waals surface area contributed by atoms with Gasteiger partial charge in [-0.05, 0) is 20.8 Å². The smallest absolute Gasteiger partial charge is 0.444 e. The van der Waals surface area contributed by atoms with E-state index in [1.165, 1.54) is 0 Å². The predicted molar refractivity (Wildman–Crippen MR) is 44.4 cm³/mol. The molecule has 0 saturated carbocycles. The van der Waals surface area contributed by atoms with Crippen LogP contribution in [-0.4, -0.2) is 35.3 Å². The number of alkyl carbamates (subject to hydrolysis) is 1. The fourth-order valence-electron chi connectivity index (χ4n) is 0.489. The van der Waals surface area contributed by atoms with Crippen LogP contribution < -0.4 is 5.32 Å². The molecule has 6 heteroatoms. The lowest BCUT2D eigenvalue weighted by atomic mass is 9.93. The second-order valence-electron chi connectivity index (χ2n) is 3.36. The Morgan fingerprint density at radius 1 is 1.50 bits per heavy atom. The second kappa shape index (κ2) is 4.32. The summed E-state index contributed by atoms with van der Waals surface area (Å²) >= 11 is 0. The first kappa shape index (κ1) is 11.3. The molecule has 0 aromatic heterocycles. The number of carbonyl (C=O) groups excluding carboxylic acids is 1. The second-order valence-corrected chi connectivity index (χ2v) is 3.36. The van der Waals surface area contributed by atoms with Crippen LogP contribution in [0.1, 0.15) is 20.8 Å². The lowest BCUT2D eigenvalue weighted by molar-refractivity contribution is 0.0532. The van der Waals surface area contributed by atoms with Crippen LogP contribution in [0.5, 0.6) is 0 Å². The van der Waals surface area contributed by atoms with Gasteiger partial charge in [0.05, 0.1) is 6.44 Å². The third-order valence-electron chi connectivity index (χ3n) is 0.828. The molecule has 0 saturated heterocycles. The van der Waals surface area contributed by atoms with Gasteiger partial charge in [-0.1, -0.05) is 0 Å². The van der Waals surface area contributed by atoms with Gasteiger partial charge in [0.15, 0.2) is 0 Å². The summed E-state index contributed by atoms with van der Waals surface area (Å²) in [5.74, 6) is 0. The third kappa shape index (κ3) is 7.36. The zero-order chi connectivity index (χ0) is 9.78. The number of amides is 1. The van der Waals surface area contributed by atoms with Crippen molar-refractivity contribution >= 4 is 13.2 Å². The fourth-order valence-corrected chi connectivity index (χ4v) is 0.489. The van der Waals surface area contributed by atoms with Crippen molar-refractivity contribution in [2.45, 2.75) is 26.4 Å². The van der Waals surface area contributed by atoms with Gasteiger partial charge in [-0.3, -0.25) is 0 Å². The zero-order valence-corrected chi connectivity index (χ0v) is 7.50. The van der Waals surface area contributed by atoms with E-state index in [4.69, 9.17) is 14.8 Å². The highest BCUT2D eigenvalue weighted by molar-refractivity contribution is 6.41. The minimum Gasteiger partial charge on any atom is -0.444 e. The van der Waals surface area contributed by atoms with Crippen LogP contribution in [0.25, 0.3) is 0 Å². The standard InChI is InChI=1S/C6H14BNO4/c1-6(2,3)12-5(9)8-4-7(10)11/h10-11H,4H2,1-3H3,(H,8,9). The van der Waals surface area contributed by atoms with Gasteiger partial charge in [-0.15, -0.1) is 0 Å². The molecule has 0 unspecified atom stereocenters. The molecule has 0 fully saturated rings. The summed E-state index contributed by atoms with van der Waals surface area (Å²) in [4.78, 5) is 10.8. The molecular formula is C6H14BNO4. The Balaban J connectivity index is 3.61. The Morgan fingerprint density at radius 2 is 2.00 bits per heavy atom. The lowest BCUT2D eigenvalue weighted by Crippen LogP contribution is -2.38. The van der Waals surface area contributed by atoms with E-state index in [1.54, 1.807) is 20.8 Å². The van der Waals surface area contributed by atoms with Crippen molar-refractivity contribution in [3.05, 3.63) is 0 Å². The number of rotatable bonds is 2. The van der Waals surface area contributed by atoms with E-state index < -0.39 is 18.8 Å². The third-order valence-corrected chi connectivity index (χ3v) is 0.828. The Kier molecular flexibility index (Phi) is 4.05. The topological polar surface area (TPSA) is 78.8 Å². The molecule has 70 valence electrons. The number of ether oxygens (including phenoxy) is 1. The van der Waals surface area contributed by atoms with Crippen LogP contribution in [0.3, 0.4) is 0 Å². The summed E-state index contributed by atoms with van der Waals surface area (Å²) in [6, 6.07) is 0. The average Bonchev–Trinajstić information content (AvgIpc) is 1.79. The molecule has 0 bridgehead atoms. The minimum atomic E-state index is -1.54. The van der Waals surface area contributed by atoms with Crippen LogP contribution in [0.2, 0.25) is 0 Å². The van der Waals surface area contributed by atoms with Crippen LogP contribution in [0.15, 0.2) is 0 Å². The first-order valence-electron chi connectivity index (χ1n) is 3.64. The molecule has 0 radical (unpaired) electrons. The molecule has 0 rings (SSSR count). The van der Waals surface area contributed by atoms with Crippen molar-refractivity contribution in [3.63, 3.8) is 0 Å². The van der Waals surface area contributed by atoms with Gasteiger partial charge >= 0.3 is 13.2 Å². The Bertz CT molecular complexity index is 154. The molecule has 1 amide bonds. The SMILES string of the molecule is CC(C)(C)OC(=O)NCB(O)O. The normalized spacial score (nSPS) is 10.8. The zero-order valence-electron chi connectivity index (χ0n) is 7.50. The maximum absolute atomic E-state index is 10.8. The summed E-state index contributed by atoms with van der Waals surface area (Å²) in [6.45, 7) is 5.17. The van der Waals surface area contributed by atoms with E-state index in [2.05, 4.69) is 5.32 Å². The van der Waals surface area contributed by atoms with Crippen molar-refractivity contribution < 1.29 is 19.6 Å². The van der Waals surface area contributed by atoms with E-state index >= 15 is 0 Å². The largest absolute Gasteiger partial charge is 0.472 e. The van der Waals surface area contributed by atoms with Crippen LogP contribution >= 0.6 is 0 Å². The van der Waals surface area contributed by atoms with Crippen molar-refractivity contribution in [3.8, 4) is 0 Å². The molecule has 0 atom stereocenters. The Labute approximate surface area is 71.9 Å². The van der Waals surface area contributed by atoms with Crippen molar-refractivity contribution in [1.82, 2.24) is 5.32 Å². The van der Waals surface area contributed by atoms with Gasteiger partial charge < -0.3 is 20.1 Å². The van der Waals surface area contributed by atoms with Gasteiger partial charge in [0.25, 0.3) is 0 Å². The first-order chi connectivity index (χ1) is 5.31. The summed E-state index contributed by atoms with van der Waals surface area (Å²) < 4.78 is 4.82. The number of nitrogens with one attached hydrogen (secondary N) is 1. The van der Waals surface area contributed by atoms with Crippen molar-refractivity contribution in [2.75, 3.05) is 6.44 Å². The predicted octanol–water partition coefficient (Wildman–Crippen LogP) is -0.477. The van der Waals surface area contributed by atoms with Crippen LogP contribution in [0.4, 0.5) is 4.79 Å². The number of hydrogen-bond donors (Lipinski definition) is 3.